The molecule has 0 aliphatic heterocycles. The predicted molar refractivity (Wildman–Crippen MR) is 70.7 cm³/mol. The Morgan fingerprint density at radius 2 is 2.00 bits per heavy atom. The molecule has 1 aromatic carbocycles. The predicted octanol–water partition coefficient (Wildman–Crippen LogP) is 2.72. The number of aromatic hydroxyl groups is 1. The molecule has 0 bridgehead atoms. The van der Waals surface area contributed by atoms with Crippen LogP contribution in [0.1, 0.15) is 13.8 Å². The Labute approximate surface area is 110 Å². The van der Waals surface area contributed by atoms with Crippen LogP contribution in [0.5, 0.6) is 5.75 Å². The van der Waals surface area contributed by atoms with Gasteiger partial charge in [0.05, 0.1) is 0 Å². The molecule has 0 atom stereocenters. The molecule has 0 aliphatic carbocycles. The maximum absolute atomic E-state index is 9.44. The molecule has 18 heavy (non-hydrogen) atoms. The first kappa shape index (κ1) is 12.6. The lowest BCUT2D eigenvalue weighted by Crippen LogP contribution is -2.13. The summed E-state index contributed by atoms with van der Waals surface area (Å²) in [5, 5.41) is 12.6. The highest BCUT2D eigenvalue weighted by molar-refractivity contribution is 6.28. The van der Waals surface area contributed by atoms with Gasteiger partial charge in [-0.3, -0.25) is 0 Å². The summed E-state index contributed by atoms with van der Waals surface area (Å²) in [5.41, 5.74) is 0.686. The molecule has 6 heteroatoms. The molecular formula is C12H13ClN4O. The number of anilines is 1. The molecule has 0 amide bonds. The van der Waals surface area contributed by atoms with Gasteiger partial charge in [0.15, 0.2) is 5.82 Å². The summed E-state index contributed by atoms with van der Waals surface area (Å²) in [7, 11) is 0. The minimum atomic E-state index is 0.117. The molecule has 2 N–H and O–H groups in total. The maximum Gasteiger partial charge on any atom is 0.227 e. The summed E-state index contributed by atoms with van der Waals surface area (Å²) in [5.74, 6) is 1.000. The van der Waals surface area contributed by atoms with E-state index in [4.69, 9.17) is 11.6 Å². The van der Waals surface area contributed by atoms with Crippen LogP contribution in [0.25, 0.3) is 11.4 Å². The van der Waals surface area contributed by atoms with E-state index in [1.54, 1.807) is 24.3 Å². The third-order valence-electron chi connectivity index (χ3n) is 2.13. The van der Waals surface area contributed by atoms with E-state index in [0.717, 1.165) is 0 Å². The number of nitrogens with zero attached hydrogens (tertiary/aromatic N) is 3. The SMILES string of the molecule is CC(C)Nc1nc(Cl)nc(-c2cccc(O)c2)n1. The van der Waals surface area contributed by atoms with Gasteiger partial charge >= 0.3 is 0 Å². The van der Waals surface area contributed by atoms with Gasteiger partial charge in [0.25, 0.3) is 0 Å². The van der Waals surface area contributed by atoms with Crippen LogP contribution in [0.2, 0.25) is 5.28 Å². The summed E-state index contributed by atoms with van der Waals surface area (Å²) in [6.07, 6.45) is 0. The summed E-state index contributed by atoms with van der Waals surface area (Å²) >= 11 is 5.86. The smallest absolute Gasteiger partial charge is 0.227 e. The summed E-state index contributed by atoms with van der Waals surface area (Å²) in [4.78, 5) is 12.3. The molecule has 94 valence electrons. The third kappa shape index (κ3) is 3.07. The fourth-order valence-electron chi connectivity index (χ4n) is 1.45. The highest BCUT2D eigenvalue weighted by Gasteiger charge is 2.08. The first-order chi connectivity index (χ1) is 8.54. The zero-order valence-electron chi connectivity index (χ0n) is 10.1. The first-order valence-electron chi connectivity index (χ1n) is 5.52. The number of phenolic OH excluding ortho intramolecular Hbond substituents is 1. The van der Waals surface area contributed by atoms with E-state index >= 15 is 0 Å². The van der Waals surface area contributed by atoms with Crippen molar-refractivity contribution in [3.05, 3.63) is 29.5 Å². The van der Waals surface area contributed by atoms with E-state index in [0.29, 0.717) is 17.3 Å². The molecule has 0 unspecified atom stereocenters. The zero-order chi connectivity index (χ0) is 13.1. The van der Waals surface area contributed by atoms with Crippen LogP contribution in [0.15, 0.2) is 24.3 Å². The van der Waals surface area contributed by atoms with Gasteiger partial charge in [-0.25, -0.2) is 0 Å². The number of aromatic nitrogens is 3. The van der Waals surface area contributed by atoms with E-state index < -0.39 is 0 Å². The summed E-state index contributed by atoms with van der Waals surface area (Å²) in [6, 6.07) is 6.87. The Balaban J connectivity index is 2.41. The standard InChI is InChI=1S/C12H13ClN4O/c1-7(2)14-12-16-10(15-11(13)17-12)8-4-3-5-9(18)6-8/h3-7,18H,1-2H3,(H,14,15,16,17). The van der Waals surface area contributed by atoms with Gasteiger partial charge in [-0.2, -0.15) is 15.0 Å². The average molecular weight is 265 g/mol. The Kier molecular flexibility index (Phi) is 3.62. The molecule has 0 aliphatic rings. The van der Waals surface area contributed by atoms with Gasteiger partial charge < -0.3 is 10.4 Å². The summed E-state index contributed by atoms with van der Waals surface area (Å²) in [6.45, 7) is 3.96. The number of halogens is 1. The van der Waals surface area contributed by atoms with E-state index in [2.05, 4.69) is 20.3 Å². The van der Waals surface area contributed by atoms with Crippen molar-refractivity contribution in [3.8, 4) is 17.1 Å². The number of hydrogen-bond donors (Lipinski definition) is 2. The zero-order valence-corrected chi connectivity index (χ0v) is 10.8. The van der Waals surface area contributed by atoms with E-state index in [1.807, 2.05) is 13.8 Å². The van der Waals surface area contributed by atoms with Crippen LogP contribution < -0.4 is 5.32 Å². The number of benzene rings is 1. The number of nitrogens with one attached hydrogen (secondary N) is 1. The van der Waals surface area contributed by atoms with Gasteiger partial charge in [-0.05, 0) is 37.6 Å². The van der Waals surface area contributed by atoms with Gasteiger partial charge in [-0.15, -0.1) is 0 Å². The molecule has 1 aromatic heterocycles. The van der Waals surface area contributed by atoms with Gasteiger partial charge in [0.2, 0.25) is 11.2 Å². The summed E-state index contributed by atoms with van der Waals surface area (Å²) < 4.78 is 0. The van der Waals surface area contributed by atoms with Crippen molar-refractivity contribution in [1.29, 1.82) is 0 Å². The van der Waals surface area contributed by atoms with Gasteiger partial charge in [-0.1, -0.05) is 12.1 Å². The molecule has 0 radical (unpaired) electrons. The molecular weight excluding hydrogens is 252 g/mol. The second-order valence-electron chi connectivity index (χ2n) is 4.10. The second kappa shape index (κ2) is 5.18. The van der Waals surface area contributed by atoms with Crippen LogP contribution in [-0.4, -0.2) is 26.1 Å². The van der Waals surface area contributed by atoms with Gasteiger partial charge in [0, 0.05) is 11.6 Å². The molecule has 1 heterocycles. The normalized spacial score (nSPS) is 10.7. The Bertz CT molecular complexity index is 560. The Morgan fingerprint density at radius 3 is 2.67 bits per heavy atom. The van der Waals surface area contributed by atoms with E-state index in [-0.39, 0.29) is 17.1 Å². The fraction of sp³-hybridized carbons (Fsp3) is 0.250. The van der Waals surface area contributed by atoms with Crippen molar-refractivity contribution in [2.24, 2.45) is 0 Å². The lowest BCUT2D eigenvalue weighted by atomic mass is 10.2. The topological polar surface area (TPSA) is 70.9 Å². The van der Waals surface area contributed by atoms with Crippen LogP contribution in [-0.2, 0) is 0 Å². The number of rotatable bonds is 3. The molecule has 0 spiro atoms. The van der Waals surface area contributed by atoms with Crippen molar-refractivity contribution in [2.75, 3.05) is 5.32 Å². The quantitative estimate of drug-likeness (QED) is 0.892. The largest absolute Gasteiger partial charge is 0.508 e. The third-order valence-corrected chi connectivity index (χ3v) is 2.30. The van der Waals surface area contributed by atoms with Crippen LogP contribution >= 0.6 is 11.6 Å². The lowest BCUT2D eigenvalue weighted by Gasteiger charge is -2.09. The van der Waals surface area contributed by atoms with Crippen LogP contribution in [0.4, 0.5) is 5.95 Å². The fourth-order valence-corrected chi connectivity index (χ4v) is 1.61. The number of phenols is 1. The lowest BCUT2D eigenvalue weighted by molar-refractivity contribution is 0.475. The van der Waals surface area contributed by atoms with Gasteiger partial charge in [0.1, 0.15) is 5.75 Å². The molecule has 2 aromatic rings. The number of hydrogen-bond acceptors (Lipinski definition) is 5. The van der Waals surface area contributed by atoms with Crippen molar-refractivity contribution in [1.82, 2.24) is 15.0 Å². The van der Waals surface area contributed by atoms with Crippen molar-refractivity contribution >= 4 is 17.5 Å². The monoisotopic (exact) mass is 264 g/mol. The average Bonchev–Trinajstić information content (AvgIpc) is 2.27. The van der Waals surface area contributed by atoms with E-state index in [9.17, 15) is 5.11 Å². The molecule has 5 nitrogen and oxygen atoms in total. The van der Waals surface area contributed by atoms with Crippen molar-refractivity contribution in [2.45, 2.75) is 19.9 Å². The van der Waals surface area contributed by atoms with Crippen LogP contribution in [0.3, 0.4) is 0 Å². The van der Waals surface area contributed by atoms with Crippen LogP contribution in [0, 0.1) is 0 Å². The van der Waals surface area contributed by atoms with Crippen molar-refractivity contribution in [3.63, 3.8) is 0 Å². The van der Waals surface area contributed by atoms with Crippen molar-refractivity contribution < 1.29 is 5.11 Å². The molecule has 2 rings (SSSR count). The highest BCUT2D eigenvalue weighted by atomic mass is 35.5. The maximum atomic E-state index is 9.44. The minimum Gasteiger partial charge on any atom is -0.508 e. The Morgan fingerprint density at radius 1 is 1.22 bits per heavy atom. The first-order valence-corrected chi connectivity index (χ1v) is 5.90. The molecule has 0 saturated carbocycles. The molecule has 0 fully saturated rings. The van der Waals surface area contributed by atoms with E-state index in [1.165, 1.54) is 0 Å². The minimum absolute atomic E-state index is 0.117. The molecule has 0 saturated heterocycles. The highest BCUT2D eigenvalue weighted by Crippen LogP contribution is 2.21. The Hall–Kier alpha value is -1.88. The second-order valence-corrected chi connectivity index (χ2v) is 4.44.